The average Bonchev–Trinajstić information content (AvgIpc) is 3.16. The molecule has 0 saturated carbocycles. The van der Waals surface area contributed by atoms with Gasteiger partial charge in [0.2, 0.25) is 0 Å². The highest BCUT2D eigenvalue weighted by molar-refractivity contribution is 5.94. The normalized spacial score (nSPS) is 15.9. The zero-order valence-corrected chi connectivity index (χ0v) is 16.5. The molecular formula is C21H24FN5O2. The van der Waals surface area contributed by atoms with Gasteiger partial charge in [-0.15, -0.1) is 10.2 Å². The van der Waals surface area contributed by atoms with E-state index in [0.29, 0.717) is 43.2 Å². The van der Waals surface area contributed by atoms with Gasteiger partial charge < -0.3 is 14.9 Å². The van der Waals surface area contributed by atoms with Crippen LogP contribution < -0.4 is 4.90 Å². The van der Waals surface area contributed by atoms with Crippen LogP contribution in [0.25, 0.3) is 5.65 Å². The predicted molar refractivity (Wildman–Crippen MR) is 107 cm³/mol. The number of carbonyl (C=O) groups is 1. The molecule has 1 aliphatic heterocycles. The van der Waals surface area contributed by atoms with Crippen LogP contribution in [0.15, 0.2) is 42.6 Å². The number of hydrogen-bond acceptors (Lipinski definition) is 5. The number of nitrogens with zero attached hydrogens (tertiary/aromatic N) is 5. The average molecular weight is 397 g/mol. The third-order valence-electron chi connectivity index (χ3n) is 5.33. The Labute approximate surface area is 168 Å². The summed E-state index contributed by atoms with van der Waals surface area (Å²) in [4.78, 5) is 17.0. The molecule has 1 atom stereocenters. The van der Waals surface area contributed by atoms with E-state index in [9.17, 15) is 14.3 Å². The lowest BCUT2D eigenvalue weighted by atomic mass is 10.1. The Morgan fingerprint density at radius 2 is 1.72 bits per heavy atom. The summed E-state index contributed by atoms with van der Waals surface area (Å²) in [5.41, 5.74) is 2.08. The second-order valence-corrected chi connectivity index (χ2v) is 7.65. The number of halogens is 1. The number of carbonyl (C=O) groups excluding carboxylic acids is 1. The largest absolute Gasteiger partial charge is 0.385 e. The topological polar surface area (TPSA) is 74.0 Å². The van der Waals surface area contributed by atoms with E-state index in [2.05, 4.69) is 15.1 Å². The number of aromatic nitrogens is 3. The first-order valence-electron chi connectivity index (χ1n) is 9.76. The van der Waals surface area contributed by atoms with Crippen LogP contribution in [0.2, 0.25) is 0 Å². The third-order valence-corrected chi connectivity index (χ3v) is 5.33. The second kappa shape index (κ2) is 7.79. The third kappa shape index (κ3) is 3.80. The SMILES string of the molecule is CC(C)C(O)c1nnc2ccc(C(=O)N3CCN(c4ccc(F)cc4)CC3)cn12. The number of anilines is 1. The summed E-state index contributed by atoms with van der Waals surface area (Å²) >= 11 is 0. The van der Waals surface area contributed by atoms with Gasteiger partial charge in [0.05, 0.1) is 5.56 Å². The van der Waals surface area contributed by atoms with Gasteiger partial charge in [0.25, 0.3) is 5.91 Å². The molecule has 3 heterocycles. The van der Waals surface area contributed by atoms with Crippen LogP contribution in [0.1, 0.15) is 36.1 Å². The van der Waals surface area contributed by atoms with Crippen molar-refractivity contribution in [1.82, 2.24) is 19.5 Å². The van der Waals surface area contributed by atoms with E-state index in [0.717, 1.165) is 5.69 Å². The lowest BCUT2D eigenvalue weighted by Gasteiger charge is -2.36. The van der Waals surface area contributed by atoms with E-state index in [1.54, 1.807) is 34.9 Å². The molecule has 0 radical (unpaired) electrons. The summed E-state index contributed by atoms with van der Waals surface area (Å²) in [6, 6.07) is 9.90. The van der Waals surface area contributed by atoms with Crippen molar-refractivity contribution in [1.29, 1.82) is 0 Å². The van der Waals surface area contributed by atoms with Gasteiger partial charge >= 0.3 is 0 Å². The van der Waals surface area contributed by atoms with Gasteiger partial charge in [-0.25, -0.2) is 4.39 Å². The summed E-state index contributed by atoms with van der Waals surface area (Å²) in [6.07, 6.45) is 0.944. The van der Waals surface area contributed by atoms with E-state index >= 15 is 0 Å². The summed E-state index contributed by atoms with van der Waals surface area (Å²) < 4.78 is 14.8. The molecule has 4 rings (SSSR count). The molecule has 7 nitrogen and oxygen atoms in total. The van der Waals surface area contributed by atoms with Crippen LogP contribution >= 0.6 is 0 Å². The predicted octanol–water partition coefficient (Wildman–Crippen LogP) is 2.52. The lowest BCUT2D eigenvalue weighted by Crippen LogP contribution is -2.48. The van der Waals surface area contributed by atoms with Crippen molar-refractivity contribution in [3.63, 3.8) is 0 Å². The maximum absolute atomic E-state index is 13.1. The number of amides is 1. The number of fused-ring (bicyclic) bond motifs is 1. The molecule has 3 aromatic rings. The first kappa shape index (κ1) is 19.3. The maximum Gasteiger partial charge on any atom is 0.255 e. The molecule has 8 heteroatoms. The molecule has 1 N–H and O–H groups in total. The minimum absolute atomic E-state index is 0.0127. The van der Waals surface area contributed by atoms with Crippen molar-refractivity contribution in [3.8, 4) is 0 Å². The highest BCUT2D eigenvalue weighted by Crippen LogP contribution is 2.22. The van der Waals surface area contributed by atoms with Crippen molar-refractivity contribution < 1.29 is 14.3 Å². The molecule has 1 aromatic carbocycles. The van der Waals surface area contributed by atoms with E-state index in [1.807, 2.05) is 18.7 Å². The van der Waals surface area contributed by atoms with Gasteiger partial charge in [-0.05, 0) is 42.3 Å². The van der Waals surface area contributed by atoms with Gasteiger partial charge in [-0.3, -0.25) is 9.20 Å². The van der Waals surface area contributed by atoms with Gasteiger partial charge in [0.15, 0.2) is 11.5 Å². The summed E-state index contributed by atoms with van der Waals surface area (Å²) in [6.45, 7) is 6.34. The van der Waals surface area contributed by atoms with E-state index in [4.69, 9.17) is 0 Å². The van der Waals surface area contributed by atoms with Crippen molar-refractivity contribution in [2.45, 2.75) is 20.0 Å². The molecule has 1 fully saturated rings. The fourth-order valence-electron chi connectivity index (χ4n) is 3.54. The van der Waals surface area contributed by atoms with Crippen molar-refractivity contribution >= 4 is 17.2 Å². The Kier molecular flexibility index (Phi) is 5.19. The van der Waals surface area contributed by atoms with Gasteiger partial charge in [-0.2, -0.15) is 0 Å². The zero-order valence-electron chi connectivity index (χ0n) is 16.5. The highest BCUT2D eigenvalue weighted by Gasteiger charge is 2.24. The van der Waals surface area contributed by atoms with Crippen LogP contribution in [-0.4, -0.2) is 56.7 Å². The van der Waals surface area contributed by atoms with Crippen molar-refractivity contribution in [3.05, 3.63) is 59.8 Å². The Hall–Kier alpha value is -3.00. The summed E-state index contributed by atoms with van der Waals surface area (Å²) in [5, 5.41) is 18.5. The number of benzene rings is 1. The fraction of sp³-hybridized carbons (Fsp3) is 0.381. The molecule has 2 aromatic heterocycles. The molecule has 0 spiro atoms. The lowest BCUT2D eigenvalue weighted by molar-refractivity contribution is 0.0746. The Morgan fingerprint density at radius 1 is 1.03 bits per heavy atom. The van der Waals surface area contributed by atoms with Gasteiger partial charge in [0, 0.05) is 38.1 Å². The van der Waals surface area contributed by atoms with Crippen molar-refractivity contribution in [2.24, 2.45) is 5.92 Å². The molecule has 0 bridgehead atoms. The smallest absolute Gasteiger partial charge is 0.255 e. The number of rotatable bonds is 4. The molecule has 1 amide bonds. The molecule has 29 heavy (non-hydrogen) atoms. The van der Waals surface area contributed by atoms with Crippen LogP contribution in [0.5, 0.6) is 0 Å². The molecule has 152 valence electrons. The first-order valence-corrected chi connectivity index (χ1v) is 9.76. The Balaban J connectivity index is 1.49. The minimum Gasteiger partial charge on any atom is -0.385 e. The number of piperazine rings is 1. The molecule has 1 unspecified atom stereocenters. The highest BCUT2D eigenvalue weighted by atomic mass is 19.1. The molecule has 0 aliphatic carbocycles. The van der Waals surface area contributed by atoms with E-state index in [1.165, 1.54) is 12.1 Å². The number of hydrogen-bond donors (Lipinski definition) is 1. The summed E-state index contributed by atoms with van der Waals surface area (Å²) in [5.74, 6) is 0.102. The Bertz CT molecular complexity index is 1010. The van der Waals surface area contributed by atoms with E-state index < -0.39 is 6.10 Å². The standard InChI is InChI=1S/C21H24FN5O2/c1-14(2)19(28)20-24-23-18-8-3-15(13-27(18)20)21(29)26-11-9-25(10-12-26)17-6-4-16(22)5-7-17/h3-8,13-14,19,28H,9-12H2,1-2H3. The van der Waals surface area contributed by atoms with E-state index in [-0.39, 0.29) is 17.6 Å². The van der Waals surface area contributed by atoms with Gasteiger partial charge in [-0.1, -0.05) is 13.8 Å². The Morgan fingerprint density at radius 3 is 2.38 bits per heavy atom. The second-order valence-electron chi connectivity index (χ2n) is 7.65. The first-order chi connectivity index (χ1) is 13.9. The zero-order chi connectivity index (χ0) is 20.5. The van der Waals surface area contributed by atoms with Crippen molar-refractivity contribution in [2.75, 3.05) is 31.1 Å². The summed E-state index contributed by atoms with van der Waals surface area (Å²) in [7, 11) is 0. The number of aliphatic hydroxyl groups is 1. The molecule has 1 saturated heterocycles. The van der Waals surface area contributed by atoms with Crippen LogP contribution in [0, 0.1) is 11.7 Å². The monoisotopic (exact) mass is 397 g/mol. The number of pyridine rings is 1. The van der Waals surface area contributed by atoms with Crippen LogP contribution in [0.4, 0.5) is 10.1 Å². The quantitative estimate of drug-likeness (QED) is 0.732. The minimum atomic E-state index is -0.755. The van der Waals surface area contributed by atoms with Gasteiger partial charge in [0.1, 0.15) is 11.9 Å². The maximum atomic E-state index is 13.1. The fourth-order valence-corrected chi connectivity index (χ4v) is 3.54. The van der Waals surface area contributed by atoms with Crippen LogP contribution in [-0.2, 0) is 0 Å². The molecular weight excluding hydrogens is 373 g/mol. The van der Waals surface area contributed by atoms with Crippen LogP contribution in [0.3, 0.4) is 0 Å². The number of aliphatic hydroxyl groups excluding tert-OH is 1. The molecule has 1 aliphatic rings.